The highest BCUT2D eigenvalue weighted by molar-refractivity contribution is 6.32. The van der Waals surface area contributed by atoms with Crippen LogP contribution in [0.25, 0.3) is 5.57 Å². The molecule has 3 heterocycles. The maximum atomic E-state index is 14.6. The number of likely N-dealkylation sites (tertiary alicyclic amines) is 1. The SMILES string of the molecule is COc1cccc(CN(C(=O)C2=C(c3ccc(CN4CC[C@@H](Oc5c(F)ccc(C)c5Cl)C4)cc3)C[C@@H]3CNC[C@H]2N3)C2CC2)c1C. The van der Waals surface area contributed by atoms with E-state index in [2.05, 4.69) is 57.7 Å². The summed E-state index contributed by atoms with van der Waals surface area (Å²) in [5.74, 6) is 0.727. The molecule has 7 nitrogen and oxygen atoms in total. The molecule has 0 spiro atoms. The molecule has 248 valence electrons. The summed E-state index contributed by atoms with van der Waals surface area (Å²) in [6.07, 6.45) is 3.60. The molecule has 0 aromatic heterocycles. The Kier molecular flexibility index (Phi) is 9.29. The summed E-state index contributed by atoms with van der Waals surface area (Å²) in [5, 5.41) is 7.64. The number of methoxy groups -OCH3 is 1. The second-order valence-corrected chi connectivity index (χ2v) is 13.9. The van der Waals surface area contributed by atoms with Gasteiger partial charge >= 0.3 is 0 Å². The van der Waals surface area contributed by atoms with E-state index in [0.29, 0.717) is 24.2 Å². The fourth-order valence-electron chi connectivity index (χ4n) is 7.39. The Morgan fingerprint density at radius 2 is 1.87 bits per heavy atom. The fraction of sp³-hybridized carbons (Fsp3) is 0.447. The molecule has 1 amide bonds. The number of rotatable bonds is 10. The maximum absolute atomic E-state index is 14.6. The number of nitrogens with one attached hydrogen (secondary N) is 2. The number of nitrogens with zero attached hydrogens (tertiary/aromatic N) is 2. The van der Waals surface area contributed by atoms with Crippen molar-refractivity contribution in [2.45, 2.75) is 76.8 Å². The second kappa shape index (κ2) is 13.6. The standard InChI is InChI=1S/C38H44ClFN4O3/c1-23-7-14-32(40)37(36(23)39)47-30-15-16-43(22-30)20-25-8-10-26(11-9-25)31-17-28-18-41-19-33(42-28)35(31)38(45)44(29-12-13-29)21-27-5-4-6-34(46-3)24(27)2/h4-11,14,28-30,33,41-42H,12-13,15-22H2,1-3H3/t28-,30-,33-/m1/s1. The monoisotopic (exact) mass is 658 g/mol. The number of amides is 1. The van der Waals surface area contributed by atoms with Gasteiger partial charge in [0, 0.05) is 56.9 Å². The highest BCUT2D eigenvalue weighted by Crippen LogP contribution is 2.38. The molecule has 47 heavy (non-hydrogen) atoms. The van der Waals surface area contributed by atoms with Crippen LogP contribution in [0.15, 0.2) is 60.2 Å². The van der Waals surface area contributed by atoms with Crippen molar-refractivity contribution < 1.29 is 18.7 Å². The summed E-state index contributed by atoms with van der Waals surface area (Å²) in [6, 6.07) is 18.5. The van der Waals surface area contributed by atoms with Crippen LogP contribution in [0.4, 0.5) is 4.39 Å². The number of ether oxygens (including phenoxy) is 2. The van der Waals surface area contributed by atoms with Crippen molar-refractivity contribution in [3.8, 4) is 11.5 Å². The molecule has 1 saturated carbocycles. The molecule has 3 atom stereocenters. The van der Waals surface area contributed by atoms with E-state index in [1.165, 1.54) is 11.6 Å². The van der Waals surface area contributed by atoms with Gasteiger partial charge in [0.2, 0.25) is 0 Å². The molecular weight excluding hydrogens is 615 g/mol. The molecule has 7 rings (SSSR count). The lowest BCUT2D eigenvalue weighted by molar-refractivity contribution is -0.128. The first-order valence-electron chi connectivity index (χ1n) is 16.8. The van der Waals surface area contributed by atoms with E-state index in [9.17, 15) is 9.18 Å². The second-order valence-electron chi connectivity index (χ2n) is 13.5. The zero-order chi connectivity index (χ0) is 32.7. The Bertz CT molecular complexity index is 1670. The van der Waals surface area contributed by atoms with Gasteiger partial charge in [-0.1, -0.05) is 54.1 Å². The van der Waals surface area contributed by atoms with Crippen molar-refractivity contribution in [1.82, 2.24) is 20.4 Å². The van der Waals surface area contributed by atoms with Crippen LogP contribution in [0, 0.1) is 19.7 Å². The van der Waals surface area contributed by atoms with E-state index < -0.39 is 5.82 Å². The molecule has 0 radical (unpaired) electrons. The van der Waals surface area contributed by atoms with Crippen molar-refractivity contribution in [3.05, 3.63) is 98.8 Å². The number of carbonyl (C=O) groups is 1. The fourth-order valence-corrected chi connectivity index (χ4v) is 7.59. The molecule has 3 aromatic carbocycles. The molecule has 3 aliphatic heterocycles. The molecule has 2 N–H and O–H groups in total. The zero-order valence-corrected chi connectivity index (χ0v) is 28.2. The average molecular weight is 659 g/mol. The number of halogens is 2. The summed E-state index contributed by atoms with van der Waals surface area (Å²) in [5.41, 5.74) is 7.40. The van der Waals surface area contributed by atoms with Crippen LogP contribution in [-0.4, -0.2) is 73.2 Å². The van der Waals surface area contributed by atoms with Gasteiger partial charge in [-0.05, 0) is 85.1 Å². The number of benzene rings is 3. The van der Waals surface area contributed by atoms with E-state index in [-0.39, 0.29) is 29.8 Å². The van der Waals surface area contributed by atoms with E-state index in [4.69, 9.17) is 21.1 Å². The minimum Gasteiger partial charge on any atom is -0.496 e. The quantitative estimate of drug-likeness (QED) is 0.277. The van der Waals surface area contributed by atoms with Gasteiger partial charge < -0.3 is 25.0 Å². The third-order valence-electron chi connectivity index (χ3n) is 10.2. The first-order chi connectivity index (χ1) is 22.8. The first-order valence-corrected chi connectivity index (χ1v) is 17.2. The number of hydrogen-bond acceptors (Lipinski definition) is 6. The van der Waals surface area contributed by atoms with Crippen LogP contribution in [0.5, 0.6) is 11.5 Å². The Hall–Kier alpha value is -3.43. The molecule has 2 saturated heterocycles. The summed E-state index contributed by atoms with van der Waals surface area (Å²) in [4.78, 5) is 19.0. The molecule has 0 unspecified atom stereocenters. The van der Waals surface area contributed by atoms with Gasteiger partial charge in [0.15, 0.2) is 11.6 Å². The molecule has 3 fully saturated rings. The highest BCUT2D eigenvalue weighted by Gasteiger charge is 2.41. The van der Waals surface area contributed by atoms with Gasteiger partial charge in [-0.2, -0.15) is 0 Å². The maximum Gasteiger partial charge on any atom is 0.252 e. The predicted molar refractivity (Wildman–Crippen MR) is 183 cm³/mol. The predicted octanol–water partition coefficient (Wildman–Crippen LogP) is 6.04. The molecule has 9 heteroatoms. The lowest BCUT2D eigenvalue weighted by Crippen LogP contribution is -2.60. The molecule has 3 aromatic rings. The minimum atomic E-state index is -0.421. The number of hydrogen-bond donors (Lipinski definition) is 2. The number of aryl methyl sites for hydroxylation is 1. The number of carbonyl (C=O) groups excluding carboxylic acids is 1. The van der Waals surface area contributed by atoms with Gasteiger partial charge in [0.25, 0.3) is 5.91 Å². The minimum absolute atomic E-state index is 0.0226. The topological polar surface area (TPSA) is 66.1 Å². The van der Waals surface area contributed by atoms with Crippen LogP contribution < -0.4 is 20.1 Å². The zero-order valence-electron chi connectivity index (χ0n) is 27.5. The van der Waals surface area contributed by atoms with Crippen molar-refractivity contribution in [2.24, 2.45) is 0 Å². The Morgan fingerprint density at radius 3 is 2.64 bits per heavy atom. The average Bonchev–Trinajstić information content (AvgIpc) is 3.83. The van der Waals surface area contributed by atoms with E-state index in [1.54, 1.807) is 13.2 Å². The van der Waals surface area contributed by atoms with E-state index in [0.717, 1.165) is 91.0 Å². The van der Waals surface area contributed by atoms with Crippen molar-refractivity contribution in [2.75, 3.05) is 33.3 Å². The molecular formula is C38H44ClFN4O3. The Balaban J connectivity index is 1.09. The van der Waals surface area contributed by atoms with Crippen molar-refractivity contribution in [3.63, 3.8) is 0 Å². The van der Waals surface area contributed by atoms with Gasteiger partial charge in [-0.15, -0.1) is 0 Å². The third-order valence-corrected chi connectivity index (χ3v) is 10.7. The summed E-state index contributed by atoms with van der Waals surface area (Å²) in [7, 11) is 1.69. The van der Waals surface area contributed by atoms with Crippen LogP contribution in [0.2, 0.25) is 5.02 Å². The van der Waals surface area contributed by atoms with Gasteiger partial charge in [0.1, 0.15) is 11.9 Å². The highest BCUT2D eigenvalue weighted by atomic mass is 35.5. The van der Waals surface area contributed by atoms with Gasteiger partial charge in [-0.25, -0.2) is 4.39 Å². The van der Waals surface area contributed by atoms with E-state index in [1.807, 2.05) is 19.1 Å². The van der Waals surface area contributed by atoms with Gasteiger partial charge in [-0.3, -0.25) is 9.69 Å². The largest absolute Gasteiger partial charge is 0.496 e. The Morgan fingerprint density at radius 1 is 1.06 bits per heavy atom. The lowest BCUT2D eigenvalue weighted by Gasteiger charge is -2.41. The molecule has 2 bridgehead atoms. The Labute approximate surface area is 282 Å². The van der Waals surface area contributed by atoms with Gasteiger partial charge in [0.05, 0.1) is 18.2 Å². The molecule has 4 aliphatic rings. The number of piperazine rings is 1. The van der Waals surface area contributed by atoms with Crippen LogP contribution in [0.1, 0.15) is 53.5 Å². The van der Waals surface area contributed by atoms with Crippen LogP contribution in [-0.2, 0) is 17.9 Å². The lowest BCUT2D eigenvalue weighted by atomic mass is 9.83. The summed E-state index contributed by atoms with van der Waals surface area (Å²) in [6.45, 7) is 8.50. The first kappa shape index (κ1) is 32.1. The summed E-state index contributed by atoms with van der Waals surface area (Å²) < 4.78 is 26.1. The summed E-state index contributed by atoms with van der Waals surface area (Å²) >= 11 is 6.35. The molecule has 1 aliphatic carbocycles. The normalized spacial score (nSPS) is 22.8. The van der Waals surface area contributed by atoms with Crippen LogP contribution in [0.3, 0.4) is 0 Å². The van der Waals surface area contributed by atoms with Crippen molar-refractivity contribution >= 4 is 23.1 Å². The van der Waals surface area contributed by atoms with E-state index >= 15 is 0 Å². The number of fused-ring (bicyclic) bond motifs is 2. The smallest absolute Gasteiger partial charge is 0.252 e. The van der Waals surface area contributed by atoms with Crippen molar-refractivity contribution in [1.29, 1.82) is 0 Å². The van der Waals surface area contributed by atoms with Crippen LogP contribution >= 0.6 is 11.6 Å². The third kappa shape index (κ3) is 6.79.